The molecule has 1 fully saturated rings. The monoisotopic (exact) mass is 266 g/mol. The molecule has 19 heavy (non-hydrogen) atoms. The van der Waals surface area contributed by atoms with Crippen LogP contribution < -0.4 is 5.32 Å². The average molecular weight is 266 g/mol. The number of rotatable bonds is 5. The molecule has 1 saturated heterocycles. The predicted octanol–water partition coefficient (Wildman–Crippen LogP) is 0.481. The molecule has 6 heteroatoms. The highest BCUT2D eigenvalue weighted by Gasteiger charge is 2.23. The fourth-order valence-corrected chi connectivity index (χ4v) is 2.49. The van der Waals surface area contributed by atoms with Gasteiger partial charge >= 0.3 is 0 Å². The molecule has 6 nitrogen and oxygen atoms in total. The summed E-state index contributed by atoms with van der Waals surface area (Å²) in [6, 6.07) is 2.09. The van der Waals surface area contributed by atoms with Gasteiger partial charge in [-0.15, -0.1) is 0 Å². The van der Waals surface area contributed by atoms with Crippen molar-refractivity contribution in [3.8, 4) is 0 Å². The first-order valence-corrected chi connectivity index (χ1v) is 6.69. The number of nitrogens with one attached hydrogen (secondary N) is 2. The Morgan fingerprint density at radius 2 is 2.32 bits per heavy atom. The number of ether oxygens (including phenoxy) is 1. The van der Waals surface area contributed by atoms with E-state index < -0.39 is 0 Å². The fourth-order valence-electron chi connectivity index (χ4n) is 2.49. The van der Waals surface area contributed by atoms with Crippen LogP contribution in [0.1, 0.15) is 30.1 Å². The number of nitrogens with zero attached hydrogens (tertiary/aromatic N) is 2. The first-order chi connectivity index (χ1) is 9.22. The number of likely N-dealkylation sites (tertiary alicyclic amines) is 1. The molecule has 2 N–H and O–H groups in total. The molecule has 1 aromatic rings. The molecule has 0 aromatic carbocycles. The zero-order chi connectivity index (χ0) is 13.7. The molecule has 2 rings (SSSR count). The lowest BCUT2D eigenvalue weighted by Gasteiger charge is -2.30. The standard InChI is InChI=1S/C13H22N4O2/c1-14-13(18)8-17-5-3-10(4-6-17)12-7-11(9-19-2)15-16-12/h7,10H,3-6,8-9H2,1-2H3,(H,14,18)(H,15,16). The Morgan fingerprint density at radius 1 is 1.58 bits per heavy atom. The van der Waals surface area contributed by atoms with Gasteiger partial charge in [-0.05, 0) is 32.0 Å². The van der Waals surface area contributed by atoms with Gasteiger partial charge in [-0.2, -0.15) is 5.10 Å². The van der Waals surface area contributed by atoms with Crippen LogP contribution in [0.2, 0.25) is 0 Å². The van der Waals surface area contributed by atoms with Crippen LogP contribution in [0, 0.1) is 0 Å². The van der Waals surface area contributed by atoms with Crippen molar-refractivity contribution < 1.29 is 9.53 Å². The molecule has 0 spiro atoms. The lowest BCUT2D eigenvalue weighted by molar-refractivity contribution is -0.122. The molecule has 0 bridgehead atoms. The number of piperidine rings is 1. The number of hydrogen-bond donors (Lipinski definition) is 2. The molecule has 0 radical (unpaired) electrons. The summed E-state index contributed by atoms with van der Waals surface area (Å²) in [5, 5.41) is 10.0. The average Bonchev–Trinajstić information content (AvgIpc) is 2.88. The van der Waals surface area contributed by atoms with E-state index in [-0.39, 0.29) is 5.91 Å². The van der Waals surface area contributed by atoms with Crippen LogP contribution in [0.5, 0.6) is 0 Å². The van der Waals surface area contributed by atoms with Crippen molar-refractivity contribution in [2.24, 2.45) is 0 Å². The number of H-pyrrole nitrogens is 1. The van der Waals surface area contributed by atoms with Crippen molar-refractivity contribution in [2.45, 2.75) is 25.4 Å². The normalized spacial score (nSPS) is 17.6. The second-order valence-corrected chi connectivity index (χ2v) is 4.97. The van der Waals surface area contributed by atoms with Gasteiger partial charge in [0.25, 0.3) is 0 Å². The van der Waals surface area contributed by atoms with Gasteiger partial charge in [-0.3, -0.25) is 14.8 Å². The quantitative estimate of drug-likeness (QED) is 0.813. The van der Waals surface area contributed by atoms with E-state index in [2.05, 4.69) is 26.5 Å². The number of aromatic amines is 1. The number of likely N-dealkylation sites (N-methyl/N-ethyl adjacent to an activating group) is 1. The lowest BCUT2D eigenvalue weighted by Crippen LogP contribution is -2.40. The Balaban J connectivity index is 1.83. The molecular formula is C13H22N4O2. The molecular weight excluding hydrogens is 244 g/mol. The molecule has 0 atom stereocenters. The van der Waals surface area contributed by atoms with Crippen molar-refractivity contribution in [1.82, 2.24) is 20.4 Å². The minimum atomic E-state index is 0.0839. The third-order valence-electron chi connectivity index (χ3n) is 3.60. The highest BCUT2D eigenvalue weighted by Crippen LogP contribution is 2.26. The molecule has 1 aromatic heterocycles. The van der Waals surface area contributed by atoms with E-state index in [1.165, 1.54) is 0 Å². The Bertz CT molecular complexity index is 411. The Labute approximate surface area is 113 Å². The molecule has 0 unspecified atom stereocenters. The summed E-state index contributed by atoms with van der Waals surface area (Å²) < 4.78 is 5.08. The Morgan fingerprint density at radius 3 is 2.95 bits per heavy atom. The molecule has 1 aliphatic heterocycles. The van der Waals surface area contributed by atoms with Crippen molar-refractivity contribution >= 4 is 5.91 Å². The zero-order valence-corrected chi connectivity index (χ0v) is 11.6. The summed E-state index contributed by atoms with van der Waals surface area (Å²) in [6.45, 7) is 2.97. The van der Waals surface area contributed by atoms with Crippen LogP contribution in [0.3, 0.4) is 0 Å². The number of amides is 1. The third kappa shape index (κ3) is 3.78. The number of aromatic nitrogens is 2. The highest BCUT2D eigenvalue weighted by atomic mass is 16.5. The minimum absolute atomic E-state index is 0.0839. The maximum Gasteiger partial charge on any atom is 0.233 e. The summed E-state index contributed by atoms with van der Waals surface area (Å²) in [4.78, 5) is 13.5. The Kier molecular flexibility index (Phi) is 4.93. The summed E-state index contributed by atoms with van der Waals surface area (Å²) >= 11 is 0. The molecule has 1 amide bonds. The van der Waals surface area contributed by atoms with Gasteiger partial charge in [-0.25, -0.2) is 0 Å². The number of carbonyl (C=O) groups excluding carboxylic acids is 1. The largest absolute Gasteiger partial charge is 0.378 e. The smallest absolute Gasteiger partial charge is 0.233 e. The van der Waals surface area contributed by atoms with E-state index in [0.29, 0.717) is 19.1 Å². The van der Waals surface area contributed by atoms with Crippen LogP contribution in [-0.4, -0.2) is 54.8 Å². The van der Waals surface area contributed by atoms with Gasteiger partial charge in [0.15, 0.2) is 0 Å². The summed E-state index contributed by atoms with van der Waals surface area (Å²) in [5.74, 6) is 0.573. The van der Waals surface area contributed by atoms with E-state index in [9.17, 15) is 4.79 Å². The van der Waals surface area contributed by atoms with Gasteiger partial charge in [0.05, 0.1) is 24.5 Å². The van der Waals surface area contributed by atoms with Gasteiger partial charge < -0.3 is 10.1 Å². The van der Waals surface area contributed by atoms with Crippen LogP contribution in [-0.2, 0) is 16.1 Å². The second-order valence-electron chi connectivity index (χ2n) is 4.97. The summed E-state index contributed by atoms with van der Waals surface area (Å²) in [5.41, 5.74) is 2.14. The van der Waals surface area contributed by atoms with Crippen molar-refractivity contribution in [3.63, 3.8) is 0 Å². The zero-order valence-electron chi connectivity index (χ0n) is 11.6. The minimum Gasteiger partial charge on any atom is -0.378 e. The molecule has 2 heterocycles. The summed E-state index contributed by atoms with van der Waals surface area (Å²) in [6.07, 6.45) is 2.10. The molecule has 1 aliphatic rings. The second kappa shape index (κ2) is 6.68. The first-order valence-electron chi connectivity index (χ1n) is 6.69. The van der Waals surface area contributed by atoms with Crippen LogP contribution in [0.15, 0.2) is 6.07 Å². The van der Waals surface area contributed by atoms with Crippen molar-refractivity contribution in [1.29, 1.82) is 0 Å². The topological polar surface area (TPSA) is 70.2 Å². The van der Waals surface area contributed by atoms with Crippen LogP contribution >= 0.6 is 0 Å². The predicted molar refractivity (Wildman–Crippen MR) is 71.8 cm³/mol. The fraction of sp³-hybridized carbons (Fsp3) is 0.692. The van der Waals surface area contributed by atoms with Crippen molar-refractivity contribution in [3.05, 3.63) is 17.5 Å². The number of hydrogen-bond acceptors (Lipinski definition) is 4. The van der Waals surface area contributed by atoms with Gasteiger partial charge in [-0.1, -0.05) is 0 Å². The molecule has 0 aliphatic carbocycles. The summed E-state index contributed by atoms with van der Waals surface area (Å²) in [7, 11) is 3.36. The van der Waals surface area contributed by atoms with Gasteiger partial charge in [0.1, 0.15) is 0 Å². The van der Waals surface area contributed by atoms with Crippen LogP contribution in [0.4, 0.5) is 0 Å². The maximum atomic E-state index is 11.3. The SMILES string of the molecule is CNC(=O)CN1CCC(c2cc(COC)[nH]n2)CC1. The van der Waals surface area contributed by atoms with E-state index in [1.54, 1.807) is 14.2 Å². The first kappa shape index (κ1) is 14.0. The highest BCUT2D eigenvalue weighted by molar-refractivity contribution is 5.77. The van der Waals surface area contributed by atoms with E-state index in [4.69, 9.17) is 4.74 Å². The lowest BCUT2D eigenvalue weighted by atomic mass is 9.93. The van der Waals surface area contributed by atoms with Crippen LogP contribution in [0.25, 0.3) is 0 Å². The Hall–Kier alpha value is -1.40. The third-order valence-corrected chi connectivity index (χ3v) is 3.60. The van der Waals surface area contributed by atoms with Crippen molar-refractivity contribution in [2.75, 3.05) is 33.8 Å². The molecule has 106 valence electrons. The van der Waals surface area contributed by atoms with Gasteiger partial charge in [0.2, 0.25) is 5.91 Å². The number of carbonyl (C=O) groups is 1. The van der Waals surface area contributed by atoms with E-state index in [0.717, 1.165) is 37.3 Å². The van der Waals surface area contributed by atoms with E-state index >= 15 is 0 Å². The molecule has 0 saturated carbocycles. The maximum absolute atomic E-state index is 11.3. The van der Waals surface area contributed by atoms with E-state index in [1.807, 2.05) is 0 Å². The van der Waals surface area contributed by atoms with Gasteiger partial charge in [0, 0.05) is 20.1 Å². The number of methoxy groups -OCH3 is 1.